The van der Waals surface area contributed by atoms with E-state index in [0.717, 1.165) is 58.8 Å². The first kappa shape index (κ1) is 34.5. The summed E-state index contributed by atoms with van der Waals surface area (Å²) in [6.45, 7) is 10.8. The van der Waals surface area contributed by atoms with Gasteiger partial charge in [-0.3, -0.25) is 14.7 Å². The zero-order valence-electron chi connectivity index (χ0n) is 24.0. The van der Waals surface area contributed by atoms with Crippen LogP contribution in [0, 0.1) is 16.7 Å². The van der Waals surface area contributed by atoms with Gasteiger partial charge in [0.1, 0.15) is 0 Å². The van der Waals surface area contributed by atoms with Crippen molar-refractivity contribution in [1.29, 1.82) is 0 Å². The minimum absolute atomic E-state index is 0.0914. The molecular weight excluding hydrogens is 586 g/mol. The van der Waals surface area contributed by atoms with Crippen molar-refractivity contribution in [3.05, 3.63) is 30.1 Å². The van der Waals surface area contributed by atoms with Crippen LogP contribution in [0.1, 0.15) is 51.0 Å². The van der Waals surface area contributed by atoms with Gasteiger partial charge in [0.05, 0.1) is 5.41 Å². The van der Waals surface area contributed by atoms with Crippen LogP contribution in [-0.4, -0.2) is 106 Å². The van der Waals surface area contributed by atoms with Crippen molar-refractivity contribution >= 4 is 17.8 Å². The highest BCUT2D eigenvalue weighted by atomic mass is 19.4. The summed E-state index contributed by atoms with van der Waals surface area (Å²) in [6, 6.07) is 4.22. The molecule has 1 amide bonds. The molecule has 242 valence electrons. The Hall–Kier alpha value is -2.94. The Morgan fingerprint density at radius 1 is 0.907 bits per heavy atom. The van der Waals surface area contributed by atoms with Gasteiger partial charge < -0.3 is 20.0 Å². The summed E-state index contributed by atoms with van der Waals surface area (Å²) in [4.78, 5) is 43.2. The zero-order chi connectivity index (χ0) is 32.1. The van der Waals surface area contributed by atoms with Crippen molar-refractivity contribution in [3.8, 4) is 0 Å². The fourth-order valence-corrected chi connectivity index (χ4v) is 6.99. The molecule has 9 nitrogen and oxygen atoms in total. The van der Waals surface area contributed by atoms with Crippen LogP contribution in [0.2, 0.25) is 0 Å². The van der Waals surface area contributed by atoms with Crippen molar-refractivity contribution in [3.63, 3.8) is 0 Å². The number of aromatic nitrogens is 1. The van der Waals surface area contributed by atoms with E-state index in [-0.39, 0.29) is 5.41 Å². The highest BCUT2D eigenvalue weighted by Gasteiger charge is 2.64. The molecule has 0 bridgehead atoms. The lowest BCUT2D eigenvalue weighted by molar-refractivity contribution is -0.193. The van der Waals surface area contributed by atoms with Crippen molar-refractivity contribution in [2.45, 2.75) is 64.3 Å². The van der Waals surface area contributed by atoms with Gasteiger partial charge in [0.15, 0.2) is 0 Å². The first-order valence-corrected chi connectivity index (χ1v) is 14.3. The van der Waals surface area contributed by atoms with Gasteiger partial charge in [0, 0.05) is 45.1 Å². The van der Waals surface area contributed by atoms with Crippen LogP contribution in [-0.2, 0) is 20.9 Å². The van der Waals surface area contributed by atoms with E-state index in [2.05, 4.69) is 32.7 Å². The molecule has 0 aromatic carbocycles. The van der Waals surface area contributed by atoms with Crippen molar-refractivity contribution in [2.24, 2.45) is 16.7 Å². The molecule has 43 heavy (non-hydrogen) atoms. The number of pyridine rings is 1. The van der Waals surface area contributed by atoms with Gasteiger partial charge in [0.25, 0.3) is 0 Å². The van der Waals surface area contributed by atoms with Crippen molar-refractivity contribution in [2.75, 3.05) is 45.8 Å². The van der Waals surface area contributed by atoms with Crippen LogP contribution in [0.5, 0.6) is 0 Å². The quantitative estimate of drug-likeness (QED) is 0.478. The van der Waals surface area contributed by atoms with E-state index in [0.29, 0.717) is 17.2 Å². The molecule has 15 heteroatoms. The van der Waals surface area contributed by atoms with E-state index in [1.807, 2.05) is 18.5 Å². The Kier molecular flexibility index (Phi) is 11.1. The molecule has 1 saturated carbocycles. The second-order valence-electron chi connectivity index (χ2n) is 11.6. The van der Waals surface area contributed by atoms with Gasteiger partial charge in [-0.1, -0.05) is 13.0 Å². The molecule has 5 rings (SSSR count). The van der Waals surface area contributed by atoms with E-state index in [1.54, 1.807) is 0 Å². The molecule has 1 aromatic heterocycles. The molecule has 1 aromatic rings. The summed E-state index contributed by atoms with van der Waals surface area (Å²) < 4.78 is 63.5. The average molecular weight is 625 g/mol. The van der Waals surface area contributed by atoms with Gasteiger partial charge >= 0.3 is 24.3 Å². The molecule has 3 saturated heterocycles. The van der Waals surface area contributed by atoms with Gasteiger partial charge in [-0.2, -0.15) is 26.3 Å². The van der Waals surface area contributed by atoms with Crippen molar-refractivity contribution in [1.82, 2.24) is 19.7 Å². The number of carbonyl (C=O) groups is 3. The third-order valence-electron chi connectivity index (χ3n) is 9.15. The van der Waals surface area contributed by atoms with E-state index >= 15 is 0 Å². The number of halogens is 6. The Balaban J connectivity index is 0.000000303. The summed E-state index contributed by atoms with van der Waals surface area (Å²) in [5.74, 6) is -4.45. The number of hydrogen-bond donors (Lipinski definition) is 2. The molecule has 1 aliphatic carbocycles. The number of piperidine rings is 1. The van der Waals surface area contributed by atoms with E-state index in [1.165, 1.54) is 37.7 Å². The lowest BCUT2D eigenvalue weighted by atomic mass is 9.65. The van der Waals surface area contributed by atoms with E-state index < -0.39 is 24.3 Å². The summed E-state index contributed by atoms with van der Waals surface area (Å²) in [6.07, 6.45) is 0.951. The topological polar surface area (TPSA) is 114 Å². The molecular formula is C28H38F6N4O5. The normalized spacial score (nSPS) is 25.4. The van der Waals surface area contributed by atoms with Crippen LogP contribution in [0.4, 0.5) is 26.3 Å². The van der Waals surface area contributed by atoms with Gasteiger partial charge in [-0.25, -0.2) is 9.59 Å². The largest absolute Gasteiger partial charge is 0.490 e. The number of alkyl halides is 6. The molecule has 0 radical (unpaired) electrons. The number of likely N-dealkylation sites (tertiary alicyclic amines) is 3. The second kappa shape index (κ2) is 13.8. The fraction of sp³-hybridized carbons (Fsp3) is 0.714. The van der Waals surface area contributed by atoms with Crippen LogP contribution in [0.25, 0.3) is 0 Å². The molecule has 4 aliphatic rings. The summed E-state index contributed by atoms with van der Waals surface area (Å²) in [5, 5.41) is 14.2. The predicted molar refractivity (Wildman–Crippen MR) is 142 cm³/mol. The first-order valence-electron chi connectivity index (χ1n) is 14.3. The fourth-order valence-electron chi connectivity index (χ4n) is 6.99. The number of rotatable bonds is 4. The molecule has 4 heterocycles. The smallest absolute Gasteiger partial charge is 0.475 e. The molecule has 2 N–H and O–H groups in total. The number of aliphatic carboxylic acids is 2. The number of carboxylic acids is 2. The highest BCUT2D eigenvalue weighted by Crippen LogP contribution is 2.62. The Morgan fingerprint density at radius 3 is 1.93 bits per heavy atom. The maximum absolute atomic E-state index is 13.7. The molecule has 1 spiro atoms. The number of nitrogens with zero attached hydrogens (tertiary/aromatic N) is 4. The lowest BCUT2D eigenvalue weighted by Gasteiger charge is -2.45. The summed E-state index contributed by atoms with van der Waals surface area (Å²) in [5.41, 5.74) is 1.60. The second-order valence-corrected chi connectivity index (χ2v) is 11.6. The Bertz CT molecular complexity index is 1080. The number of fused-ring (bicyclic) bond motifs is 2. The third kappa shape index (κ3) is 8.37. The number of carbonyl (C=O) groups excluding carboxylic acids is 1. The minimum atomic E-state index is -5.08. The first-order chi connectivity index (χ1) is 20.0. The number of carboxylic acid groups (broad SMARTS) is 2. The van der Waals surface area contributed by atoms with E-state index in [4.69, 9.17) is 19.8 Å². The lowest BCUT2D eigenvalue weighted by Crippen LogP contribution is -2.49. The number of hydrogen-bond acceptors (Lipinski definition) is 6. The van der Waals surface area contributed by atoms with Crippen molar-refractivity contribution < 1.29 is 50.9 Å². The summed E-state index contributed by atoms with van der Waals surface area (Å²) in [7, 11) is 0. The molecule has 0 unspecified atom stereocenters. The highest BCUT2D eigenvalue weighted by molar-refractivity contribution is 5.84. The van der Waals surface area contributed by atoms with E-state index in [9.17, 15) is 31.1 Å². The average Bonchev–Trinajstić information content (AvgIpc) is 3.67. The van der Waals surface area contributed by atoms with Gasteiger partial charge in [-0.05, 0) is 81.1 Å². The van der Waals surface area contributed by atoms with Crippen LogP contribution in [0.15, 0.2) is 24.5 Å². The Morgan fingerprint density at radius 2 is 1.47 bits per heavy atom. The molecule has 2 atom stereocenters. The maximum Gasteiger partial charge on any atom is 0.490 e. The summed E-state index contributed by atoms with van der Waals surface area (Å²) >= 11 is 0. The van der Waals surface area contributed by atoms with Gasteiger partial charge in [-0.15, -0.1) is 0 Å². The maximum atomic E-state index is 13.7. The van der Waals surface area contributed by atoms with Crippen LogP contribution in [0.3, 0.4) is 0 Å². The molecule has 3 aliphatic heterocycles. The minimum Gasteiger partial charge on any atom is -0.475 e. The number of amides is 1. The third-order valence-corrected chi connectivity index (χ3v) is 9.15. The zero-order valence-corrected chi connectivity index (χ0v) is 24.0. The van der Waals surface area contributed by atoms with Crippen LogP contribution >= 0.6 is 0 Å². The molecule has 4 fully saturated rings. The monoisotopic (exact) mass is 624 g/mol. The SMILES string of the molecule is CCN1C[C@H]2C3(CCN(Cc4cccnc4)CC3)CC[C@@]2(C(=O)N2CCCC2)C1.O=C(O)C(F)(F)F.O=C(O)C(F)(F)F. The van der Waals surface area contributed by atoms with Crippen LogP contribution < -0.4 is 0 Å². The van der Waals surface area contributed by atoms with Gasteiger partial charge in [0.2, 0.25) is 5.91 Å². The standard InChI is InChI=1S/C24H36N4O.2C2HF3O2/c1-2-26-18-21-23(7-8-24(21,19-26)22(29)28-12-3-4-13-28)9-14-27(15-10-23)17-20-6-5-11-25-16-20;2*3-2(4,5)1(6)7/h5-6,11,16,21H,2-4,7-10,12-15,17-19H2,1H3;2*(H,6,7)/t21-,24+;;/m0../s1. The predicted octanol–water partition coefficient (Wildman–Crippen LogP) is 4.28. The Labute approximate surface area is 245 Å².